The first-order valence-electron chi connectivity index (χ1n) is 9.27. The van der Waals surface area contributed by atoms with Crippen molar-refractivity contribution in [1.29, 1.82) is 0 Å². The zero-order valence-corrected chi connectivity index (χ0v) is 14.6. The summed E-state index contributed by atoms with van der Waals surface area (Å²) in [5.74, 6) is 0.371. The highest BCUT2D eigenvalue weighted by Crippen LogP contribution is 2.27. The van der Waals surface area contributed by atoms with E-state index < -0.39 is 0 Å². The lowest BCUT2D eigenvalue weighted by atomic mass is 10.0. The third-order valence-corrected chi connectivity index (χ3v) is 5.28. The normalized spacial score (nSPS) is 19.2. The topological polar surface area (TPSA) is 53.9 Å². The van der Waals surface area contributed by atoms with Crippen LogP contribution in [0.25, 0.3) is 0 Å². The van der Waals surface area contributed by atoms with Crippen LogP contribution in [0.15, 0.2) is 24.3 Å². The van der Waals surface area contributed by atoms with E-state index in [1.165, 1.54) is 42.7 Å². The van der Waals surface area contributed by atoms with Crippen LogP contribution >= 0.6 is 0 Å². The van der Waals surface area contributed by atoms with E-state index in [-0.39, 0.29) is 17.6 Å². The molecular weight excluding hydrogens is 321 g/mol. The lowest BCUT2D eigenvalue weighted by Crippen LogP contribution is -3.15. The maximum atomic E-state index is 13.1. The molecule has 136 valence electrons. The number of piperazine rings is 1. The van der Waals surface area contributed by atoms with E-state index >= 15 is 0 Å². The molecule has 0 aromatic heterocycles. The maximum Gasteiger partial charge on any atom is 0.279 e. The number of halogens is 1. The maximum absolute atomic E-state index is 13.1. The van der Waals surface area contributed by atoms with Gasteiger partial charge in [0.25, 0.3) is 5.91 Å². The van der Waals surface area contributed by atoms with Gasteiger partial charge in [0.1, 0.15) is 5.82 Å². The molecule has 1 saturated heterocycles. The van der Waals surface area contributed by atoms with E-state index in [2.05, 4.69) is 5.32 Å². The quantitative estimate of drug-likeness (QED) is 0.836. The average molecular weight is 348 g/mol. The van der Waals surface area contributed by atoms with Gasteiger partial charge in [-0.3, -0.25) is 9.59 Å². The Labute approximate surface area is 148 Å². The first kappa shape index (κ1) is 17.9. The molecule has 1 aliphatic carbocycles. The number of anilines is 1. The van der Waals surface area contributed by atoms with Crippen LogP contribution in [0.2, 0.25) is 0 Å². The van der Waals surface area contributed by atoms with Crippen molar-refractivity contribution in [3.05, 3.63) is 30.1 Å². The first-order valence-corrected chi connectivity index (χ1v) is 9.27. The molecule has 0 atom stereocenters. The van der Waals surface area contributed by atoms with Gasteiger partial charge >= 0.3 is 0 Å². The average Bonchev–Trinajstić information content (AvgIpc) is 3.08. The van der Waals surface area contributed by atoms with Crippen LogP contribution < -0.4 is 10.2 Å². The van der Waals surface area contributed by atoms with Crippen molar-refractivity contribution in [1.82, 2.24) is 4.90 Å². The molecule has 0 spiro atoms. The molecule has 1 aromatic carbocycles. The largest absolute Gasteiger partial charge is 0.331 e. The van der Waals surface area contributed by atoms with Crippen molar-refractivity contribution < 1.29 is 18.9 Å². The molecule has 0 bridgehead atoms. The summed E-state index contributed by atoms with van der Waals surface area (Å²) in [5, 5.41) is 2.73. The Morgan fingerprint density at radius 3 is 2.60 bits per heavy atom. The fourth-order valence-electron chi connectivity index (χ4n) is 3.84. The molecule has 25 heavy (non-hydrogen) atoms. The summed E-state index contributed by atoms with van der Waals surface area (Å²) in [6, 6.07) is 5.91. The van der Waals surface area contributed by atoms with Crippen LogP contribution in [0.1, 0.15) is 32.1 Å². The number of carbonyl (C=O) groups is 2. The Morgan fingerprint density at radius 1 is 1.20 bits per heavy atom. The van der Waals surface area contributed by atoms with Gasteiger partial charge in [0.15, 0.2) is 6.54 Å². The van der Waals surface area contributed by atoms with E-state index in [0.717, 1.165) is 13.1 Å². The van der Waals surface area contributed by atoms with Gasteiger partial charge in [0.05, 0.1) is 26.2 Å². The zero-order chi connectivity index (χ0) is 17.6. The molecular formula is C19H27FN3O2+. The molecule has 2 fully saturated rings. The highest BCUT2D eigenvalue weighted by Gasteiger charge is 2.27. The van der Waals surface area contributed by atoms with E-state index in [9.17, 15) is 14.0 Å². The summed E-state index contributed by atoms with van der Waals surface area (Å²) in [7, 11) is 0. The van der Waals surface area contributed by atoms with Crippen molar-refractivity contribution >= 4 is 17.5 Å². The molecule has 2 amide bonds. The summed E-state index contributed by atoms with van der Waals surface area (Å²) >= 11 is 0. The molecule has 5 nitrogen and oxygen atoms in total. The van der Waals surface area contributed by atoms with Crippen molar-refractivity contribution in [2.24, 2.45) is 5.92 Å². The minimum atomic E-state index is -0.362. The summed E-state index contributed by atoms with van der Waals surface area (Å²) in [6.45, 7) is 3.35. The summed E-state index contributed by atoms with van der Waals surface area (Å²) in [5.41, 5.74) is 0.481. The van der Waals surface area contributed by atoms with Crippen LogP contribution in [0, 0.1) is 11.7 Å². The number of hydrogen-bond acceptors (Lipinski definition) is 2. The summed E-state index contributed by atoms with van der Waals surface area (Å²) in [4.78, 5) is 27.6. The molecule has 0 radical (unpaired) electrons. The Kier molecular flexibility index (Phi) is 6.02. The SMILES string of the molecule is O=C(C[NH+]1CCN(C(=O)CC2CCCC2)CC1)Nc1cccc(F)c1. The van der Waals surface area contributed by atoms with Crippen molar-refractivity contribution in [2.45, 2.75) is 32.1 Å². The molecule has 1 aromatic rings. The Hall–Kier alpha value is -1.95. The fraction of sp³-hybridized carbons (Fsp3) is 0.579. The van der Waals surface area contributed by atoms with Crippen LogP contribution in [0.4, 0.5) is 10.1 Å². The second kappa shape index (κ2) is 8.43. The van der Waals surface area contributed by atoms with Crippen molar-refractivity contribution in [2.75, 3.05) is 38.0 Å². The molecule has 0 unspecified atom stereocenters. The second-order valence-corrected chi connectivity index (χ2v) is 7.22. The number of benzene rings is 1. The van der Waals surface area contributed by atoms with Gasteiger partial charge in [-0.05, 0) is 37.0 Å². The van der Waals surface area contributed by atoms with Crippen molar-refractivity contribution in [3.63, 3.8) is 0 Å². The lowest BCUT2D eigenvalue weighted by Gasteiger charge is -2.32. The molecule has 6 heteroatoms. The highest BCUT2D eigenvalue weighted by atomic mass is 19.1. The number of quaternary nitrogens is 1. The molecule has 1 saturated carbocycles. The standard InChI is InChI=1S/C19H26FN3O2/c20-16-6-3-7-17(13-16)21-18(24)14-22-8-10-23(11-9-22)19(25)12-15-4-1-2-5-15/h3,6-7,13,15H,1-2,4-5,8-12,14H2,(H,21,24)/p+1. The summed E-state index contributed by atoms with van der Waals surface area (Å²) < 4.78 is 13.1. The van der Waals surface area contributed by atoms with Gasteiger partial charge in [0, 0.05) is 12.1 Å². The number of nitrogens with zero attached hydrogens (tertiary/aromatic N) is 1. The van der Waals surface area contributed by atoms with Crippen molar-refractivity contribution in [3.8, 4) is 0 Å². The molecule has 2 N–H and O–H groups in total. The fourth-order valence-corrected chi connectivity index (χ4v) is 3.84. The van der Waals surface area contributed by atoms with Gasteiger partial charge in [-0.2, -0.15) is 0 Å². The minimum Gasteiger partial charge on any atom is -0.331 e. The van der Waals surface area contributed by atoms with Gasteiger partial charge in [-0.15, -0.1) is 0 Å². The Morgan fingerprint density at radius 2 is 1.92 bits per heavy atom. The number of hydrogen-bond donors (Lipinski definition) is 2. The molecule has 3 rings (SSSR count). The number of rotatable bonds is 5. The second-order valence-electron chi connectivity index (χ2n) is 7.22. The van der Waals surface area contributed by atoms with E-state index in [1.54, 1.807) is 12.1 Å². The predicted octanol–water partition coefficient (Wildman–Crippen LogP) is 1.07. The van der Waals surface area contributed by atoms with Crippen LogP contribution in [-0.2, 0) is 9.59 Å². The van der Waals surface area contributed by atoms with Gasteiger partial charge in [-0.1, -0.05) is 18.9 Å². The van der Waals surface area contributed by atoms with Crippen LogP contribution in [-0.4, -0.2) is 49.4 Å². The predicted molar refractivity (Wildman–Crippen MR) is 93.7 cm³/mol. The Balaban J connectivity index is 1.39. The molecule has 1 aliphatic heterocycles. The monoisotopic (exact) mass is 348 g/mol. The number of nitrogens with one attached hydrogen (secondary N) is 2. The minimum absolute atomic E-state index is 0.119. The van der Waals surface area contributed by atoms with Gasteiger partial charge < -0.3 is 15.1 Å². The Bertz CT molecular complexity index is 608. The third kappa shape index (κ3) is 5.26. The smallest absolute Gasteiger partial charge is 0.279 e. The van der Waals surface area contributed by atoms with E-state index in [1.807, 2.05) is 4.90 Å². The highest BCUT2D eigenvalue weighted by molar-refractivity contribution is 5.91. The third-order valence-electron chi connectivity index (χ3n) is 5.28. The van der Waals surface area contributed by atoms with Crippen LogP contribution in [0.3, 0.4) is 0 Å². The first-order chi connectivity index (χ1) is 12.1. The van der Waals surface area contributed by atoms with E-state index in [0.29, 0.717) is 37.7 Å². The van der Waals surface area contributed by atoms with E-state index in [4.69, 9.17) is 0 Å². The zero-order valence-electron chi connectivity index (χ0n) is 14.6. The van der Waals surface area contributed by atoms with Crippen LogP contribution in [0.5, 0.6) is 0 Å². The number of amides is 2. The lowest BCUT2D eigenvalue weighted by molar-refractivity contribution is -0.895. The molecule has 1 heterocycles. The van der Waals surface area contributed by atoms with Gasteiger partial charge in [0.2, 0.25) is 5.91 Å². The number of carbonyl (C=O) groups excluding carboxylic acids is 2. The van der Waals surface area contributed by atoms with Gasteiger partial charge in [-0.25, -0.2) is 4.39 Å². The summed E-state index contributed by atoms with van der Waals surface area (Å²) in [6.07, 6.45) is 5.59. The molecule has 2 aliphatic rings.